The van der Waals surface area contributed by atoms with Gasteiger partial charge in [-0.3, -0.25) is 4.57 Å². The molecule has 2 aromatic carbocycles. The van der Waals surface area contributed by atoms with Gasteiger partial charge in [-0.1, -0.05) is 24.3 Å². The summed E-state index contributed by atoms with van der Waals surface area (Å²) in [5.74, 6) is -0.0394. The van der Waals surface area contributed by atoms with Crippen LogP contribution in [-0.4, -0.2) is 27.3 Å². The quantitative estimate of drug-likeness (QED) is 0.363. The zero-order valence-electron chi connectivity index (χ0n) is 16.1. The molecular weight excluding hydrogens is 400 g/mol. The van der Waals surface area contributed by atoms with Crippen LogP contribution in [0.3, 0.4) is 0 Å². The molecule has 0 aliphatic rings. The van der Waals surface area contributed by atoms with Gasteiger partial charge in [0.05, 0.1) is 18.7 Å². The Morgan fingerprint density at radius 1 is 1.10 bits per heavy atom. The Morgan fingerprint density at radius 2 is 1.87 bits per heavy atom. The second-order valence-corrected chi connectivity index (χ2v) is 6.30. The van der Waals surface area contributed by atoms with Crippen molar-refractivity contribution >= 4 is 5.96 Å². The molecule has 0 radical (unpaired) electrons. The Hall–Kier alpha value is -3.43. The van der Waals surface area contributed by atoms with Gasteiger partial charge in [-0.05, 0) is 36.8 Å². The molecule has 1 aromatic heterocycles. The van der Waals surface area contributed by atoms with Gasteiger partial charge in [0.2, 0.25) is 0 Å². The first-order valence-electron chi connectivity index (χ1n) is 9.20. The van der Waals surface area contributed by atoms with E-state index in [9.17, 15) is 17.6 Å². The Balaban J connectivity index is 1.75. The van der Waals surface area contributed by atoms with E-state index in [0.29, 0.717) is 24.4 Å². The number of halogens is 4. The molecule has 158 valence electrons. The highest BCUT2D eigenvalue weighted by Crippen LogP contribution is 2.32. The zero-order chi connectivity index (χ0) is 21.6. The predicted octanol–water partition coefficient (Wildman–Crippen LogP) is 3.68. The number of hydrogen-bond donors (Lipinski definition) is 2. The minimum absolute atomic E-state index is 0.117. The largest absolute Gasteiger partial charge is 0.416 e. The van der Waals surface area contributed by atoms with Gasteiger partial charge in [0.1, 0.15) is 12.1 Å². The summed E-state index contributed by atoms with van der Waals surface area (Å²) >= 11 is 0. The number of para-hydroxylation sites is 1. The molecular formula is C20H20F4N6. The number of aromatic nitrogens is 3. The number of guanidine groups is 1. The second-order valence-electron chi connectivity index (χ2n) is 6.30. The van der Waals surface area contributed by atoms with Gasteiger partial charge in [0, 0.05) is 12.2 Å². The molecule has 6 nitrogen and oxygen atoms in total. The summed E-state index contributed by atoms with van der Waals surface area (Å²) < 4.78 is 54.6. The maximum Gasteiger partial charge on any atom is 0.416 e. The van der Waals surface area contributed by atoms with Crippen molar-refractivity contribution in [3.8, 4) is 5.69 Å². The molecule has 0 saturated carbocycles. The van der Waals surface area contributed by atoms with Crippen LogP contribution in [0.5, 0.6) is 0 Å². The lowest BCUT2D eigenvalue weighted by Gasteiger charge is -2.14. The normalized spacial score (nSPS) is 12.1. The van der Waals surface area contributed by atoms with E-state index in [1.54, 1.807) is 10.9 Å². The Morgan fingerprint density at radius 3 is 2.57 bits per heavy atom. The summed E-state index contributed by atoms with van der Waals surface area (Å²) in [6.45, 7) is 2.32. The summed E-state index contributed by atoms with van der Waals surface area (Å²) in [6.07, 6.45) is -3.09. The smallest absolute Gasteiger partial charge is 0.357 e. The molecule has 0 saturated heterocycles. The molecule has 10 heteroatoms. The molecule has 0 unspecified atom stereocenters. The number of aliphatic imine (C=N–C) groups is 1. The number of alkyl halides is 3. The molecule has 0 aliphatic carbocycles. The molecule has 3 aromatic rings. The van der Waals surface area contributed by atoms with E-state index < -0.39 is 17.6 Å². The van der Waals surface area contributed by atoms with Gasteiger partial charge in [0.15, 0.2) is 11.8 Å². The van der Waals surface area contributed by atoms with E-state index in [1.807, 2.05) is 37.3 Å². The van der Waals surface area contributed by atoms with Crippen LogP contribution in [0.15, 0.2) is 59.9 Å². The fraction of sp³-hybridized carbons (Fsp3) is 0.250. The average Bonchev–Trinajstić information content (AvgIpc) is 3.19. The van der Waals surface area contributed by atoms with Gasteiger partial charge >= 0.3 is 6.18 Å². The van der Waals surface area contributed by atoms with E-state index in [2.05, 4.69) is 25.8 Å². The first-order valence-corrected chi connectivity index (χ1v) is 9.20. The predicted molar refractivity (Wildman–Crippen MR) is 104 cm³/mol. The van der Waals surface area contributed by atoms with Crippen molar-refractivity contribution in [1.29, 1.82) is 0 Å². The minimum Gasteiger partial charge on any atom is -0.357 e. The molecule has 0 spiro atoms. The second kappa shape index (κ2) is 9.38. The third-order valence-electron chi connectivity index (χ3n) is 4.20. The zero-order valence-corrected chi connectivity index (χ0v) is 16.1. The van der Waals surface area contributed by atoms with Gasteiger partial charge in [0.25, 0.3) is 0 Å². The van der Waals surface area contributed by atoms with E-state index >= 15 is 0 Å². The van der Waals surface area contributed by atoms with Crippen molar-refractivity contribution in [1.82, 2.24) is 25.4 Å². The maximum atomic E-state index is 13.3. The van der Waals surface area contributed by atoms with Crippen LogP contribution in [0.2, 0.25) is 0 Å². The lowest BCUT2D eigenvalue weighted by atomic mass is 10.1. The first kappa shape index (κ1) is 21.3. The van der Waals surface area contributed by atoms with Crippen LogP contribution >= 0.6 is 0 Å². The van der Waals surface area contributed by atoms with E-state index in [0.717, 1.165) is 17.8 Å². The highest BCUT2D eigenvalue weighted by atomic mass is 19.4. The molecule has 1 heterocycles. The highest BCUT2D eigenvalue weighted by Gasteiger charge is 2.33. The van der Waals surface area contributed by atoms with Gasteiger partial charge in [-0.2, -0.15) is 13.2 Å². The number of nitrogens with zero attached hydrogens (tertiary/aromatic N) is 4. The standard InChI is InChI=1S/C20H20F4N6/c1-2-25-19(26-11-14-8-9-15(21)10-17(14)20(22,23)24)27-12-18-29-28-13-30(18)16-6-4-3-5-7-16/h3-10,13H,2,11-12H2,1H3,(H2,25,26,27). The van der Waals surface area contributed by atoms with Crippen molar-refractivity contribution in [3.05, 3.63) is 77.6 Å². The molecule has 0 amide bonds. The third kappa shape index (κ3) is 5.34. The highest BCUT2D eigenvalue weighted by molar-refractivity contribution is 5.79. The molecule has 0 bridgehead atoms. The Bertz CT molecular complexity index is 998. The average molecular weight is 420 g/mol. The van der Waals surface area contributed by atoms with Gasteiger partial charge in [-0.15, -0.1) is 10.2 Å². The summed E-state index contributed by atoms with van der Waals surface area (Å²) in [6, 6.07) is 12.0. The van der Waals surface area contributed by atoms with Crippen LogP contribution in [-0.2, 0) is 19.3 Å². The molecule has 30 heavy (non-hydrogen) atoms. The summed E-state index contributed by atoms with van der Waals surface area (Å²) in [5.41, 5.74) is -0.276. The molecule has 2 N–H and O–H groups in total. The fourth-order valence-corrected chi connectivity index (χ4v) is 2.80. The van der Waals surface area contributed by atoms with Crippen LogP contribution in [0, 0.1) is 5.82 Å². The van der Waals surface area contributed by atoms with Gasteiger partial charge < -0.3 is 10.6 Å². The van der Waals surface area contributed by atoms with E-state index in [1.165, 1.54) is 0 Å². The lowest BCUT2D eigenvalue weighted by molar-refractivity contribution is -0.138. The lowest BCUT2D eigenvalue weighted by Crippen LogP contribution is -2.37. The fourth-order valence-electron chi connectivity index (χ4n) is 2.80. The molecule has 0 fully saturated rings. The molecule has 0 aliphatic heterocycles. The van der Waals surface area contributed by atoms with Crippen LogP contribution in [0.4, 0.5) is 17.6 Å². The summed E-state index contributed by atoms with van der Waals surface area (Å²) in [5, 5.41) is 14.0. The number of rotatable bonds is 6. The number of nitrogens with one attached hydrogen (secondary N) is 2. The van der Waals surface area contributed by atoms with Crippen LogP contribution < -0.4 is 10.6 Å². The van der Waals surface area contributed by atoms with Crippen molar-refractivity contribution in [2.24, 2.45) is 4.99 Å². The van der Waals surface area contributed by atoms with Crippen molar-refractivity contribution in [3.63, 3.8) is 0 Å². The van der Waals surface area contributed by atoms with Gasteiger partial charge in [-0.25, -0.2) is 9.38 Å². The van der Waals surface area contributed by atoms with Crippen molar-refractivity contribution in [2.75, 3.05) is 6.54 Å². The SMILES string of the molecule is CCNC(=NCc1ccc(F)cc1C(F)(F)F)NCc1nncn1-c1ccccc1. The van der Waals surface area contributed by atoms with Crippen LogP contribution in [0.25, 0.3) is 5.69 Å². The topological polar surface area (TPSA) is 67.1 Å². The third-order valence-corrected chi connectivity index (χ3v) is 4.20. The molecule has 0 atom stereocenters. The monoisotopic (exact) mass is 420 g/mol. The molecule has 3 rings (SSSR count). The number of hydrogen-bond acceptors (Lipinski definition) is 3. The van der Waals surface area contributed by atoms with Crippen LogP contribution in [0.1, 0.15) is 23.9 Å². The van der Waals surface area contributed by atoms with E-state index in [-0.39, 0.29) is 18.7 Å². The van der Waals surface area contributed by atoms with Crippen molar-refractivity contribution in [2.45, 2.75) is 26.2 Å². The first-order chi connectivity index (χ1) is 14.4. The minimum atomic E-state index is -4.66. The Labute approximate surface area is 170 Å². The number of benzene rings is 2. The summed E-state index contributed by atoms with van der Waals surface area (Å²) in [4.78, 5) is 4.20. The maximum absolute atomic E-state index is 13.3. The van der Waals surface area contributed by atoms with E-state index in [4.69, 9.17) is 0 Å². The summed E-state index contributed by atoms with van der Waals surface area (Å²) in [7, 11) is 0. The van der Waals surface area contributed by atoms with Crippen molar-refractivity contribution < 1.29 is 17.6 Å². The Kier molecular flexibility index (Phi) is 6.65.